The van der Waals surface area contributed by atoms with E-state index in [2.05, 4.69) is 16.0 Å². The average Bonchev–Trinajstić information content (AvgIpc) is 2.60. The summed E-state index contributed by atoms with van der Waals surface area (Å²) in [5.41, 5.74) is 5.16. The highest BCUT2D eigenvalue weighted by Gasteiger charge is 2.26. The molecule has 10 heavy (non-hydrogen) atoms. The average molecular weight is 130 g/mol. The van der Waals surface area contributed by atoms with Gasteiger partial charge in [0.25, 0.3) is 0 Å². The van der Waals surface area contributed by atoms with Crippen molar-refractivity contribution in [2.75, 3.05) is 0 Å². The molecule has 0 saturated carbocycles. The lowest BCUT2D eigenvalue weighted by atomic mass is 10.2. The number of nitrogens with one attached hydrogen (secondary N) is 1. The number of H-pyrrole nitrogens is 1. The number of fused-ring (bicyclic) bond motifs is 5. The third-order valence-corrected chi connectivity index (χ3v) is 2.12. The Labute approximate surface area is 58.3 Å². The van der Waals surface area contributed by atoms with Gasteiger partial charge in [-0.2, -0.15) is 0 Å². The molecule has 2 aliphatic rings. The van der Waals surface area contributed by atoms with E-state index in [-0.39, 0.29) is 0 Å². The van der Waals surface area contributed by atoms with Gasteiger partial charge in [0.05, 0.1) is 11.4 Å². The highest BCUT2D eigenvalue weighted by Crippen LogP contribution is 2.35. The van der Waals surface area contributed by atoms with Crippen LogP contribution >= 0.6 is 0 Å². The number of aromatic amines is 1. The van der Waals surface area contributed by atoms with Gasteiger partial charge in [-0.05, 0) is 11.6 Å². The van der Waals surface area contributed by atoms with Gasteiger partial charge in [-0.1, -0.05) is 0 Å². The fraction of sp³-hybridized carbons (Fsp3) is 0.125. The molecule has 0 atom stereocenters. The molecular weight excluding hydrogens is 124 g/mol. The summed E-state index contributed by atoms with van der Waals surface area (Å²) in [7, 11) is 0. The van der Waals surface area contributed by atoms with Crippen LogP contribution in [0.1, 0.15) is 17.7 Å². The Balaban J connectivity index is 2.46. The number of aromatic nitrogens is 1. The number of nitrogens with zero attached hydrogens (tertiary/aromatic N) is 1. The van der Waals surface area contributed by atoms with Crippen LogP contribution in [0.5, 0.6) is 0 Å². The molecule has 1 aromatic heterocycles. The largest absolute Gasteiger partial charge is 0.360 e. The molecule has 0 saturated heterocycles. The number of rotatable bonds is 0. The van der Waals surface area contributed by atoms with E-state index >= 15 is 0 Å². The van der Waals surface area contributed by atoms with Crippen molar-refractivity contribution in [3.05, 3.63) is 29.7 Å². The summed E-state index contributed by atoms with van der Waals surface area (Å²) in [6.45, 7) is 0. The summed E-state index contributed by atoms with van der Waals surface area (Å²) in [6, 6.07) is 2.11. The molecule has 0 radical (unpaired) electrons. The van der Waals surface area contributed by atoms with Gasteiger partial charge in [0.1, 0.15) is 0 Å². The van der Waals surface area contributed by atoms with Crippen LogP contribution in [-0.2, 0) is 0 Å². The molecule has 0 aromatic carbocycles. The molecule has 2 nitrogen and oxygen atoms in total. The Morgan fingerprint density at radius 2 is 2.50 bits per heavy atom. The van der Waals surface area contributed by atoms with Crippen LogP contribution in [0.15, 0.2) is 23.5 Å². The second-order valence-corrected chi connectivity index (χ2v) is 2.67. The van der Waals surface area contributed by atoms with Crippen molar-refractivity contribution in [2.24, 2.45) is 4.99 Å². The molecule has 1 aromatic rings. The van der Waals surface area contributed by atoms with E-state index in [0.29, 0.717) is 0 Å². The van der Waals surface area contributed by atoms with E-state index in [1.54, 1.807) is 0 Å². The molecular formula is C8H6N2. The van der Waals surface area contributed by atoms with Crippen LogP contribution in [0.2, 0.25) is 0 Å². The van der Waals surface area contributed by atoms with Crippen LogP contribution in [0.4, 0.5) is 0 Å². The molecule has 0 amide bonds. The van der Waals surface area contributed by atoms with Crippen molar-refractivity contribution >= 4 is 11.3 Å². The van der Waals surface area contributed by atoms with Gasteiger partial charge in [0.2, 0.25) is 0 Å². The lowest BCUT2D eigenvalue weighted by Crippen LogP contribution is -1.91. The minimum atomic E-state index is 1.04. The molecule has 0 spiro atoms. The van der Waals surface area contributed by atoms with Gasteiger partial charge in [0.15, 0.2) is 0 Å². The molecule has 2 bridgehead atoms. The molecule has 2 heteroatoms. The molecule has 0 fully saturated rings. The molecule has 1 N–H and O–H groups in total. The summed E-state index contributed by atoms with van der Waals surface area (Å²) >= 11 is 0. The van der Waals surface area contributed by atoms with E-state index < -0.39 is 0 Å². The van der Waals surface area contributed by atoms with Gasteiger partial charge >= 0.3 is 0 Å². The van der Waals surface area contributed by atoms with Crippen LogP contribution in [0, 0.1) is 0 Å². The Kier molecular flexibility index (Phi) is 0.556. The summed E-state index contributed by atoms with van der Waals surface area (Å²) in [4.78, 5) is 7.42. The van der Waals surface area contributed by atoms with Gasteiger partial charge in [-0.15, -0.1) is 0 Å². The normalized spacial score (nSPS) is 18.8. The summed E-state index contributed by atoms with van der Waals surface area (Å²) in [5.74, 6) is 0. The fourth-order valence-electron chi connectivity index (χ4n) is 1.62. The molecule has 3 rings (SSSR count). The predicted molar refractivity (Wildman–Crippen MR) is 39.9 cm³/mol. The summed E-state index contributed by atoms with van der Waals surface area (Å²) in [6.07, 6.45) is 4.98. The third kappa shape index (κ3) is 0.328. The third-order valence-electron chi connectivity index (χ3n) is 2.12. The standard InChI is InChI=1S/C8H6N2/c1-2-9-8-6(1)5-3-7(8)10-4-5/h1-2,4,9H,3H2. The first kappa shape index (κ1) is 4.50. The zero-order valence-corrected chi connectivity index (χ0v) is 5.39. The lowest BCUT2D eigenvalue weighted by Gasteiger charge is -1.92. The number of aliphatic imine (C=N–C) groups is 1. The zero-order valence-electron chi connectivity index (χ0n) is 5.39. The number of hydrogen-bond donors (Lipinski definition) is 1. The second kappa shape index (κ2) is 1.24. The number of hydrogen-bond acceptors (Lipinski definition) is 1. The second-order valence-electron chi connectivity index (χ2n) is 2.67. The van der Waals surface area contributed by atoms with Crippen LogP contribution in [-0.4, -0.2) is 10.7 Å². The maximum absolute atomic E-state index is 4.24. The van der Waals surface area contributed by atoms with Gasteiger partial charge in [-0.3, -0.25) is 4.99 Å². The minimum absolute atomic E-state index is 1.04. The molecule has 2 heterocycles. The van der Waals surface area contributed by atoms with Gasteiger partial charge in [-0.25, -0.2) is 0 Å². The van der Waals surface area contributed by atoms with E-state index in [1.807, 2.05) is 12.4 Å². The Hall–Kier alpha value is -1.31. The van der Waals surface area contributed by atoms with Gasteiger partial charge < -0.3 is 4.98 Å². The van der Waals surface area contributed by atoms with E-state index in [9.17, 15) is 0 Å². The monoisotopic (exact) mass is 130 g/mol. The predicted octanol–water partition coefficient (Wildman–Crippen LogP) is 1.56. The quantitative estimate of drug-likeness (QED) is 0.552. The van der Waals surface area contributed by atoms with Gasteiger partial charge in [0, 0.05) is 24.4 Å². The maximum atomic E-state index is 4.24. The molecule has 1 aliphatic heterocycles. The molecule has 1 aliphatic carbocycles. The minimum Gasteiger partial charge on any atom is -0.360 e. The van der Waals surface area contributed by atoms with Crippen LogP contribution < -0.4 is 0 Å². The first-order chi connectivity index (χ1) is 4.95. The van der Waals surface area contributed by atoms with E-state index in [4.69, 9.17) is 0 Å². The Morgan fingerprint density at radius 1 is 1.50 bits per heavy atom. The highest BCUT2D eigenvalue weighted by molar-refractivity contribution is 6.16. The SMILES string of the molecule is C1=C2CC(=N1)c1[nH]ccc12. The highest BCUT2D eigenvalue weighted by atomic mass is 14.8. The summed E-state index contributed by atoms with van der Waals surface area (Å²) < 4.78 is 0. The number of allylic oxidation sites excluding steroid dienone is 1. The van der Waals surface area contributed by atoms with Crippen LogP contribution in [0.3, 0.4) is 0 Å². The Bertz CT molecular complexity index is 323. The lowest BCUT2D eigenvalue weighted by molar-refractivity contribution is 1.35. The zero-order chi connectivity index (χ0) is 6.55. The Morgan fingerprint density at radius 3 is 3.40 bits per heavy atom. The van der Waals surface area contributed by atoms with E-state index in [1.165, 1.54) is 22.5 Å². The summed E-state index contributed by atoms with van der Waals surface area (Å²) in [5, 5.41) is 0. The fourth-order valence-corrected chi connectivity index (χ4v) is 1.62. The topological polar surface area (TPSA) is 28.1 Å². The van der Waals surface area contributed by atoms with Crippen molar-refractivity contribution in [1.29, 1.82) is 0 Å². The molecule has 0 unspecified atom stereocenters. The molecule has 48 valence electrons. The maximum Gasteiger partial charge on any atom is 0.0688 e. The van der Waals surface area contributed by atoms with Crippen molar-refractivity contribution in [2.45, 2.75) is 6.42 Å². The van der Waals surface area contributed by atoms with Crippen molar-refractivity contribution in [3.8, 4) is 0 Å². The first-order valence-corrected chi connectivity index (χ1v) is 3.39. The first-order valence-electron chi connectivity index (χ1n) is 3.39. The smallest absolute Gasteiger partial charge is 0.0688 e. The van der Waals surface area contributed by atoms with Crippen molar-refractivity contribution in [1.82, 2.24) is 4.98 Å². The van der Waals surface area contributed by atoms with Crippen molar-refractivity contribution in [3.63, 3.8) is 0 Å². The van der Waals surface area contributed by atoms with Crippen molar-refractivity contribution < 1.29 is 0 Å². The van der Waals surface area contributed by atoms with Crippen LogP contribution in [0.25, 0.3) is 5.57 Å². The van der Waals surface area contributed by atoms with E-state index in [0.717, 1.165) is 6.42 Å².